The van der Waals surface area contributed by atoms with Gasteiger partial charge in [0.05, 0.1) is 16.5 Å². The average Bonchev–Trinajstić information content (AvgIpc) is 2.84. The topological polar surface area (TPSA) is 67.2 Å². The fourth-order valence-corrected chi connectivity index (χ4v) is 3.79. The Morgan fingerprint density at radius 1 is 0.871 bits per heavy atom. The van der Waals surface area contributed by atoms with Crippen LogP contribution in [0.4, 0.5) is 0 Å². The lowest BCUT2D eigenvalue weighted by molar-refractivity contribution is 0.476. The first kappa shape index (κ1) is 20.8. The van der Waals surface area contributed by atoms with Gasteiger partial charge in [0.15, 0.2) is 0 Å². The van der Waals surface area contributed by atoms with Crippen LogP contribution >= 0.6 is 0 Å². The summed E-state index contributed by atoms with van der Waals surface area (Å²) in [4.78, 5) is 17.5. The van der Waals surface area contributed by atoms with Crippen molar-refractivity contribution in [3.8, 4) is 28.3 Å². The molecule has 5 nitrogen and oxygen atoms in total. The van der Waals surface area contributed by atoms with E-state index in [0.717, 1.165) is 11.1 Å². The van der Waals surface area contributed by atoms with E-state index in [1.54, 1.807) is 25.2 Å². The third kappa shape index (κ3) is 4.67. The number of hydrogen-bond acceptors (Lipinski definition) is 4. The Labute approximate surface area is 182 Å². The smallest absolute Gasteiger partial charge is 0.261 e. The highest BCUT2D eigenvalue weighted by Gasteiger charge is 2.13. The number of rotatable bonds is 2. The summed E-state index contributed by atoms with van der Waals surface area (Å²) in [6, 6.07) is 22.5. The first-order valence-corrected chi connectivity index (χ1v) is 10.7. The second-order valence-corrected chi connectivity index (χ2v) is 7.73. The Morgan fingerprint density at radius 2 is 1.58 bits per heavy atom. The summed E-state index contributed by atoms with van der Waals surface area (Å²) in [5, 5.41) is 13.9. The van der Waals surface area contributed by atoms with Crippen LogP contribution in [0.15, 0.2) is 77.6 Å². The van der Waals surface area contributed by atoms with Crippen molar-refractivity contribution in [1.29, 1.82) is 0 Å². The largest absolute Gasteiger partial charge is 0.507 e. The predicted molar refractivity (Wildman–Crippen MR) is 126 cm³/mol. The molecule has 0 spiro atoms. The van der Waals surface area contributed by atoms with Gasteiger partial charge in [-0.15, -0.1) is 0 Å². The van der Waals surface area contributed by atoms with Gasteiger partial charge < -0.3 is 10.4 Å². The number of benzene rings is 3. The summed E-state index contributed by atoms with van der Waals surface area (Å²) in [7, 11) is 1.67. The van der Waals surface area contributed by atoms with E-state index in [4.69, 9.17) is 0 Å². The molecular formula is C26H27N3O2. The van der Waals surface area contributed by atoms with Gasteiger partial charge in [-0.25, -0.2) is 4.98 Å². The monoisotopic (exact) mass is 413 g/mol. The zero-order valence-electron chi connectivity index (χ0n) is 17.7. The van der Waals surface area contributed by atoms with Gasteiger partial charge in [-0.3, -0.25) is 9.36 Å². The normalized spacial score (nSPS) is 13.5. The third-order valence-corrected chi connectivity index (χ3v) is 5.53. The summed E-state index contributed by atoms with van der Waals surface area (Å²) >= 11 is 0. The van der Waals surface area contributed by atoms with E-state index in [0.29, 0.717) is 22.3 Å². The molecule has 0 unspecified atom stereocenters. The molecule has 5 heteroatoms. The number of nitrogens with one attached hydrogen (secondary N) is 1. The number of aromatic hydroxyl groups is 1. The minimum atomic E-state index is -0.138. The van der Waals surface area contributed by atoms with Gasteiger partial charge in [0.2, 0.25) is 0 Å². The Bertz CT molecular complexity index is 1220. The van der Waals surface area contributed by atoms with Gasteiger partial charge in [0, 0.05) is 7.05 Å². The summed E-state index contributed by atoms with van der Waals surface area (Å²) in [5.41, 5.74) is 3.04. The Hall–Kier alpha value is -3.44. The number of phenols is 1. The van der Waals surface area contributed by atoms with Gasteiger partial charge in [-0.2, -0.15) is 0 Å². The molecule has 3 aromatic carbocycles. The molecule has 2 heterocycles. The maximum absolute atomic E-state index is 12.9. The first-order chi connectivity index (χ1) is 15.1. The second-order valence-electron chi connectivity index (χ2n) is 7.73. The highest BCUT2D eigenvalue weighted by Crippen LogP contribution is 2.28. The first-order valence-electron chi connectivity index (χ1n) is 10.7. The van der Waals surface area contributed by atoms with Crippen molar-refractivity contribution in [3.05, 3.63) is 83.2 Å². The minimum Gasteiger partial charge on any atom is -0.507 e. The molecule has 1 aliphatic heterocycles. The van der Waals surface area contributed by atoms with Crippen molar-refractivity contribution in [3.63, 3.8) is 0 Å². The minimum absolute atomic E-state index is 0.102. The summed E-state index contributed by atoms with van der Waals surface area (Å²) in [6.07, 6.45) is 4.22. The summed E-state index contributed by atoms with van der Waals surface area (Å²) in [5.74, 6) is 0.549. The van der Waals surface area contributed by atoms with Crippen molar-refractivity contribution in [2.75, 3.05) is 13.1 Å². The molecule has 0 aliphatic carbocycles. The number of phenolic OH excluding ortho intramolecular Hbond substituents is 1. The van der Waals surface area contributed by atoms with Crippen LogP contribution in [0.1, 0.15) is 19.3 Å². The lowest BCUT2D eigenvalue weighted by atomic mass is 10.0. The van der Waals surface area contributed by atoms with Crippen molar-refractivity contribution in [2.45, 2.75) is 19.3 Å². The molecule has 0 radical (unpaired) electrons. The number of para-hydroxylation sites is 1. The molecule has 1 aliphatic rings. The second kappa shape index (κ2) is 9.58. The van der Waals surface area contributed by atoms with E-state index in [1.807, 2.05) is 54.6 Å². The van der Waals surface area contributed by atoms with Crippen LogP contribution in [0, 0.1) is 0 Å². The Morgan fingerprint density at radius 3 is 2.23 bits per heavy atom. The van der Waals surface area contributed by atoms with Crippen molar-refractivity contribution >= 4 is 10.9 Å². The van der Waals surface area contributed by atoms with Crippen LogP contribution in [-0.4, -0.2) is 27.7 Å². The van der Waals surface area contributed by atoms with Gasteiger partial charge in [-0.05, 0) is 61.3 Å². The predicted octanol–water partition coefficient (Wildman–Crippen LogP) is 4.73. The molecule has 1 aromatic heterocycles. The molecule has 158 valence electrons. The van der Waals surface area contributed by atoms with E-state index in [2.05, 4.69) is 10.3 Å². The standard InChI is InChI=1S/C21H16N2O2.C5H11N/c1-23-20(16-9-5-6-10-19(16)24)22-18-12-11-15(13-17(18)21(23)25)14-7-3-2-4-8-14;1-2-4-6-5-3-1/h2-13,24H,1H3;6H,1-5H2. The van der Waals surface area contributed by atoms with Crippen molar-refractivity contribution in [1.82, 2.24) is 14.9 Å². The van der Waals surface area contributed by atoms with E-state index in [-0.39, 0.29) is 11.3 Å². The van der Waals surface area contributed by atoms with Crippen LogP contribution in [-0.2, 0) is 7.05 Å². The maximum atomic E-state index is 12.9. The quantitative estimate of drug-likeness (QED) is 0.498. The zero-order valence-corrected chi connectivity index (χ0v) is 17.7. The van der Waals surface area contributed by atoms with Crippen LogP contribution < -0.4 is 10.9 Å². The number of piperidine rings is 1. The Kier molecular flexibility index (Phi) is 6.43. The molecule has 0 bridgehead atoms. The molecule has 1 fully saturated rings. The molecule has 31 heavy (non-hydrogen) atoms. The van der Waals surface area contributed by atoms with Gasteiger partial charge in [0.25, 0.3) is 5.56 Å². The average molecular weight is 414 g/mol. The highest BCUT2D eigenvalue weighted by atomic mass is 16.3. The molecule has 4 aromatic rings. The van der Waals surface area contributed by atoms with Crippen LogP contribution in [0.2, 0.25) is 0 Å². The SMILES string of the molecule is C1CCNCC1.Cn1c(-c2ccccc2O)nc2ccc(-c3ccccc3)cc2c1=O. The lowest BCUT2D eigenvalue weighted by Gasteiger charge is -2.11. The van der Waals surface area contributed by atoms with E-state index in [9.17, 15) is 9.90 Å². The fraction of sp³-hybridized carbons (Fsp3) is 0.231. The van der Waals surface area contributed by atoms with Gasteiger partial charge in [0.1, 0.15) is 11.6 Å². The zero-order chi connectivity index (χ0) is 21.6. The van der Waals surface area contributed by atoms with Crippen LogP contribution in [0.3, 0.4) is 0 Å². The molecule has 5 rings (SSSR count). The molecular weight excluding hydrogens is 386 g/mol. The molecule has 0 saturated carbocycles. The van der Waals surface area contributed by atoms with Crippen LogP contribution in [0.25, 0.3) is 33.4 Å². The van der Waals surface area contributed by atoms with Crippen LogP contribution in [0.5, 0.6) is 5.75 Å². The lowest BCUT2D eigenvalue weighted by Crippen LogP contribution is -2.21. The summed E-state index contributed by atoms with van der Waals surface area (Å²) in [6.45, 7) is 2.50. The third-order valence-electron chi connectivity index (χ3n) is 5.53. The summed E-state index contributed by atoms with van der Waals surface area (Å²) < 4.78 is 1.48. The number of fused-ring (bicyclic) bond motifs is 1. The number of hydrogen-bond donors (Lipinski definition) is 2. The fourth-order valence-electron chi connectivity index (χ4n) is 3.79. The highest BCUT2D eigenvalue weighted by molar-refractivity contribution is 5.85. The molecule has 0 amide bonds. The van der Waals surface area contributed by atoms with Crippen molar-refractivity contribution < 1.29 is 5.11 Å². The van der Waals surface area contributed by atoms with Crippen molar-refractivity contribution in [2.24, 2.45) is 7.05 Å². The van der Waals surface area contributed by atoms with E-state index >= 15 is 0 Å². The molecule has 1 saturated heterocycles. The number of nitrogens with zero attached hydrogens (tertiary/aromatic N) is 2. The number of aromatic nitrogens is 2. The Balaban J connectivity index is 0.000000334. The van der Waals surface area contributed by atoms with E-state index < -0.39 is 0 Å². The van der Waals surface area contributed by atoms with E-state index in [1.165, 1.54) is 36.9 Å². The van der Waals surface area contributed by atoms with Gasteiger partial charge >= 0.3 is 0 Å². The maximum Gasteiger partial charge on any atom is 0.261 e. The molecule has 0 atom stereocenters. The molecule has 2 N–H and O–H groups in total. The van der Waals surface area contributed by atoms with Gasteiger partial charge in [-0.1, -0.05) is 55.0 Å².